The van der Waals surface area contributed by atoms with Crippen molar-refractivity contribution >= 4 is 23.3 Å². The Morgan fingerprint density at radius 3 is 2.31 bits per heavy atom. The molecule has 6 nitrogen and oxygen atoms in total. The van der Waals surface area contributed by atoms with Crippen molar-refractivity contribution in [2.24, 2.45) is 11.8 Å². The van der Waals surface area contributed by atoms with Gasteiger partial charge in [0.2, 0.25) is 5.91 Å². The number of amides is 1. The molecule has 1 amide bonds. The van der Waals surface area contributed by atoms with Gasteiger partial charge < -0.3 is 14.5 Å². The van der Waals surface area contributed by atoms with Gasteiger partial charge >= 0.3 is 6.18 Å². The summed E-state index contributed by atoms with van der Waals surface area (Å²) >= 11 is 6.16. The van der Waals surface area contributed by atoms with E-state index in [0.717, 1.165) is 36.4 Å². The van der Waals surface area contributed by atoms with E-state index >= 15 is 0 Å². The molecule has 0 aliphatic carbocycles. The molecule has 3 heterocycles. The molecule has 3 atom stereocenters. The summed E-state index contributed by atoms with van der Waals surface area (Å²) in [4.78, 5) is 22.2. The van der Waals surface area contributed by atoms with Crippen molar-refractivity contribution in [1.29, 1.82) is 5.26 Å². The predicted octanol–water partition coefficient (Wildman–Crippen LogP) is 6.94. The molecule has 220 valence electrons. The number of hydrogen-bond acceptors (Lipinski definition) is 5. The first-order valence-corrected chi connectivity index (χ1v) is 14.5. The van der Waals surface area contributed by atoms with E-state index in [1.54, 1.807) is 12.3 Å². The van der Waals surface area contributed by atoms with Crippen LogP contribution in [0.1, 0.15) is 48.8 Å². The van der Waals surface area contributed by atoms with E-state index in [-0.39, 0.29) is 29.8 Å². The highest BCUT2D eigenvalue weighted by molar-refractivity contribution is 6.30. The molecule has 0 bridgehead atoms. The Balaban J connectivity index is 1.25. The van der Waals surface area contributed by atoms with Crippen LogP contribution in [0.4, 0.5) is 19.0 Å². The summed E-state index contributed by atoms with van der Waals surface area (Å²) in [5.41, 5.74) is 0.848. The maximum absolute atomic E-state index is 13.7. The largest absolute Gasteiger partial charge is 0.490 e. The van der Waals surface area contributed by atoms with Gasteiger partial charge in [-0.05, 0) is 80.3 Å². The van der Waals surface area contributed by atoms with E-state index in [1.165, 1.54) is 12.1 Å². The summed E-state index contributed by atoms with van der Waals surface area (Å²) in [6.07, 6.45) is -0.979. The molecule has 0 N–H and O–H groups in total. The number of halogens is 4. The normalized spacial score (nSPS) is 20.6. The lowest BCUT2D eigenvalue weighted by atomic mass is 9.77. The molecule has 2 fully saturated rings. The summed E-state index contributed by atoms with van der Waals surface area (Å²) < 4.78 is 45.2. The number of carbonyl (C=O) groups excluding carboxylic acids is 1. The Kier molecular flexibility index (Phi) is 8.93. The minimum Gasteiger partial charge on any atom is -0.490 e. The number of pyridine rings is 1. The van der Waals surface area contributed by atoms with E-state index in [9.17, 15) is 18.0 Å². The zero-order valence-electron chi connectivity index (χ0n) is 23.2. The topological polar surface area (TPSA) is 69.5 Å². The third-order valence-corrected chi connectivity index (χ3v) is 8.68. The lowest BCUT2D eigenvalue weighted by molar-refractivity contribution is -0.139. The van der Waals surface area contributed by atoms with Crippen LogP contribution in [0.3, 0.4) is 0 Å². The van der Waals surface area contributed by atoms with Crippen LogP contribution in [0.15, 0.2) is 66.9 Å². The number of ether oxygens (including phenoxy) is 1. The number of carbonyl (C=O) groups is 1. The molecule has 1 aromatic heterocycles. The van der Waals surface area contributed by atoms with Crippen molar-refractivity contribution in [3.8, 4) is 11.8 Å². The number of nitriles is 1. The number of hydrogen-bond donors (Lipinski definition) is 0. The van der Waals surface area contributed by atoms with E-state index in [1.807, 2.05) is 42.2 Å². The monoisotopic (exact) mass is 596 g/mol. The van der Waals surface area contributed by atoms with Crippen molar-refractivity contribution < 1.29 is 22.7 Å². The fourth-order valence-electron chi connectivity index (χ4n) is 6.07. The van der Waals surface area contributed by atoms with Crippen molar-refractivity contribution in [3.05, 3.63) is 88.6 Å². The van der Waals surface area contributed by atoms with Crippen LogP contribution in [0.5, 0.6) is 5.75 Å². The van der Waals surface area contributed by atoms with Gasteiger partial charge in [-0.2, -0.15) is 18.4 Å². The number of aromatic nitrogens is 1. The number of nitrogens with zero attached hydrogens (tertiary/aromatic N) is 4. The maximum Gasteiger partial charge on any atom is 0.416 e. The average Bonchev–Trinajstić information content (AvgIpc) is 3.01. The number of rotatable bonds is 6. The van der Waals surface area contributed by atoms with Crippen LogP contribution in [0.25, 0.3) is 0 Å². The zero-order chi connectivity index (χ0) is 29.9. The summed E-state index contributed by atoms with van der Waals surface area (Å²) in [6, 6.07) is 18.1. The third-order valence-electron chi connectivity index (χ3n) is 8.43. The Hall–Kier alpha value is -3.77. The molecule has 5 rings (SSSR count). The maximum atomic E-state index is 13.7. The Morgan fingerprint density at radius 1 is 1.02 bits per heavy atom. The molecule has 3 aromatic rings. The Bertz CT molecular complexity index is 1400. The minimum absolute atomic E-state index is 0.0210. The number of piperidine rings is 2. The first kappa shape index (κ1) is 29.7. The first-order chi connectivity index (χ1) is 20.1. The van der Waals surface area contributed by atoms with Crippen LogP contribution in [0, 0.1) is 23.2 Å². The van der Waals surface area contributed by atoms with Crippen molar-refractivity contribution in [2.75, 3.05) is 31.1 Å². The van der Waals surface area contributed by atoms with E-state index in [2.05, 4.69) is 16.0 Å². The molecule has 2 aromatic carbocycles. The highest BCUT2D eigenvalue weighted by atomic mass is 35.5. The Labute approximate surface area is 248 Å². The highest BCUT2D eigenvalue weighted by Gasteiger charge is 2.39. The molecule has 0 unspecified atom stereocenters. The van der Waals surface area contributed by atoms with Gasteiger partial charge in [0, 0.05) is 55.2 Å². The molecule has 2 aliphatic rings. The van der Waals surface area contributed by atoms with E-state index in [4.69, 9.17) is 21.6 Å². The molecule has 0 radical (unpaired) electrons. The molecule has 2 aliphatic heterocycles. The van der Waals surface area contributed by atoms with E-state index < -0.39 is 11.7 Å². The summed E-state index contributed by atoms with van der Waals surface area (Å²) in [6.45, 7) is 4.49. The van der Waals surface area contributed by atoms with Crippen molar-refractivity contribution in [1.82, 2.24) is 9.88 Å². The molecule has 10 heteroatoms. The van der Waals surface area contributed by atoms with Crippen LogP contribution in [-0.2, 0) is 11.0 Å². The molecule has 0 spiro atoms. The van der Waals surface area contributed by atoms with Gasteiger partial charge in [0.05, 0.1) is 17.2 Å². The molecule has 0 saturated carbocycles. The fraction of sp³-hybridized carbons (Fsp3) is 0.406. The van der Waals surface area contributed by atoms with Crippen LogP contribution >= 0.6 is 11.6 Å². The smallest absolute Gasteiger partial charge is 0.416 e. The summed E-state index contributed by atoms with van der Waals surface area (Å²) in [5, 5.41) is 9.64. The lowest BCUT2D eigenvalue weighted by Gasteiger charge is -2.43. The zero-order valence-corrected chi connectivity index (χ0v) is 24.0. The first-order valence-electron chi connectivity index (χ1n) is 14.1. The molecular weight excluding hydrogens is 565 g/mol. The third kappa shape index (κ3) is 6.81. The Morgan fingerprint density at radius 2 is 1.71 bits per heavy atom. The molecule has 42 heavy (non-hydrogen) atoms. The molecular formula is C32H32ClF3N4O2. The summed E-state index contributed by atoms with van der Waals surface area (Å²) in [7, 11) is 0. The number of likely N-dealkylation sites (tertiary alicyclic amines) is 1. The van der Waals surface area contributed by atoms with Gasteiger partial charge in [-0.1, -0.05) is 23.7 Å². The fourth-order valence-corrected chi connectivity index (χ4v) is 6.20. The molecule has 2 saturated heterocycles. The SMILES string of the molecule is C[C@H](Oc1ccc(C(F)(F)F)cc1)[C@H]1CCN(C(=O)C2CCN(c3ccc(C#N)cn3)CC2)C[C@@H]1c1ccc(Cl)cc1. The van der Waals surface area contributed by atoms with Gasteiger partial charge in [0.25, 0.3) is 0 Å². The second kappa shape index (κ2) is 12.6. The van der Waals surface area contributed by atoms with Gasteiger partial charge in [0.15, 0.2) is 0 Å². The predicted molar refractivity (Wildman–Crippen MR) is 154 cm³/mol. The van der Waals surface area contributed by atoms with E-state index in [0.29, 0.717) is 48.9 Å². The van der Waals surface area contributed by atoms with Crippen LogP contribution in [0.2, 0.25) is 5.02 Å². The van der Waals surface area contributed by atoms with Crippen LogP contribution < -0.4 is 9.64 Å². The summed E-state index contributed by atoms with van der Waals surface area (Å²) in [5.74, 6) is 1.28. The van der Waals surface area contributed by atoms with Crippen molar-refractivity contribution in [3.63, 3.8) is 0 Å². The van der Waals surface area contributed by atoms with Crippen molar-refractivity contribution in [2.45, 2.75) is 44.4 Å². The van der Waals surface area contributed by atoms with Crippen LogP contribution in [-0.4, -0.2) is 48.1 Å². The average molecular weight is 597 g/mol. The number of benzene rings is 2. The standard InChI is InChI=1S/C32H32ClF3N4O2/c1-21(42-27-9-5-25(6-10-27)32(34,35)36)28-14-17-40(20-29(28)23-3-7-26(33)8-4-23)31(41)24-12-15-39(16-13-24)30-11-2-22(18-37)19-38-30/h2-11,19,21,24,28-29H,12-17,20H2,1H3/t21-,28+,29+/m0/s1. The minimum atomic E-state index is -4.40. The number of alkyl halides is 3. The van der Waals surface area contributed by atoms with Gasteiger partial charge in [-0.3, -0.25) is 4.79 Å². The highest BCUT2D eigenvalue weighted by Crippen LogP contribution is 2.38. The second-order valence-corrected chi connectivity index (χ2v) is 11.5. The van der Waals surface area contributed by atoms with Gasteiger partial charge in [-0.25, -0.2) is 4.98 Å². The quantitative estimate of drug-likeness (QED) is 0.308. The second-order valence-electron chi connectivity index (χ2n) is 11.0. The van der Waals surface area contributed by atoms with Gasteiger partial charge in [-0.15, -0.1) is 0 Å². The lowest BCUT2D eigenvalue weighted by Crippen LogP contribution is -2.49. The van der Waals surface area contributed by atoms with Gasteiger partial charge in [0.1, 0.15) is 17.6 Å². The number of anilines is 1.